The molecule has 0 atom stereocenters. The van der Waals surface area contributed by atoms with Crippen molar-refractivity contribution in [2.75, 3.05) is 18.0 Å². The second kappa shape index (κ2) is 7.03. The second-order valence-electron chi connectivity index (χ2n) is 6.56. The number of hydrogen-bond acceptors (Lipinski definition) is 4. The predicted octanol–water partition coefficient (Wildman–Crippen LogP) is 4.35. The SMILES string of the molecule is Cc1[nH]cnc1C1CCN(c2ncncc2-c2ccc(F)c(Cl)c2)CC1. The van der Waals surface area contributed by atoms with Crippen LogP contribution in [0.3, 0.4) is 0 Å². The van der Waals surface area contributed by atoms with Crippen LogP contribution in [0.5, 0.6) is 0 Å². The van der Waals surface area contributed by atoms with E-state index in [-0.39, 0.29) is 5.02 Å². The molecule has 1 aliphatic rings. The predicted molar refractivity (Wildman–Crippen MR) is 99.9 cm³/mol. The first-order valence-electron chi connectivity index (χ1n) is 8.63. The summed E-state index contributed by atoms with van der Waals surface area (Å²) in [6.07, 6.45) is 7.10. The zero-order valence-electron chi connectivity index (χ0n) is 14.4. The quantitative estimate of drug-likeness (QED) is 0.743. The summed E-state index contributed by atoms with van der Waals surface area (Å²) in [4.78, 5) is 18.5. The molecule has 3 aromatic rings. The summed E-state index contributed by atoms with van der Waals surface area (Å²) in [7, 11) is 0. The van der Waals surface area contributed by atoms with E-state index in [0.29, 0.717) is 5.92 Å². The van der Waals surface area contributed by atoms with E-state index in [0.717, 1.165) is 54.3 Å². The van der Waals surface area contributed by atoms with Crippen LogP contribution in [0.25, 0.3) is 11.1 Å². The van der Waals surface area contributed by atoms with Crippen LogP contribution < -0.4 is 4.90 Å². The van der Waals surface area contributed by atoms with Crippen LogP contribution in [-0.2, 0) is 0 Å². The molecule has 2 aromatic heterocycles. The Bertz CT molecular complexity index is 918. The summed E-state index contributed by atoms with van der Waals surface area (Å²) in [6.45, 7) is 3.83. The van der Waals surface area contributed by atoms with Crippen molar-refractivity contribution in [2.24, 2.45) is 0 Å². The van der Waals surface area contributed by atoms with Gasteiger partial charge in [-0.2, -0.15) is 0 Å². The van der Waals surface area contributed by atoms with E-state index in [2.05, 4.69) is 31.8 Å². The van der Waals surface area contributed by atoms with Crippen LogP contribution in [0, 0.1) is 12.7 Å². The Morgan fingerprint density at radius 2 is 2.04 bits per heavy atom. The number of nitrogens with zero attached hydrogens (tertiary/aromatic N) is 4. The summed E-state index contributed by atoms with van der Waals surface area (Å²) in [5.41, 5.74) is 3.99. The minimum absolute atomic E-state index is 0.102. The van der Waals surface area contributed by atoms with Crippen molar-refractivity contribution in [3.05, 3.63) is 59.3 Å². The van der Waals surface area contributed by atoms with Crippen molar-refractivity contribution in [1.29, 1.82) is 0 Å². The minimum Gasteiger partial charge on any atom is -0.356 e. The summed E-state index contributed by atoms with van der Waals surface area (Å²) >= 11 is 5.95. The molecule has 3 heterocycles. The molecule has 0 unspecified atom stereocenters. The molecule has 0 aliphatic carbocycles. The molecular weight excluding hydrogens is 353 g/mol. The van der Waals surface area contributed by atoms with E-state index in [1.807, 2.05) is 0 Å². The third kappa shape index (κ3) is 3.17. The molecule has 5 nitrogen and oxygen atoms in total. The van der Waals surface area contributed by atoms with Gasteiger partial charge in [0.1, 0.15) is 18.0 Å². The Labute approximate surface area is 156 Å². The molecule has 1 aromatic carbocycles. The highest BCUT2D eigenvalue weighted by molar-refractivity contribution is 6.31. The number of halogens is 2. The summed E-state index contributed by atoms with van der Waals surface area (Å²) < 4.78 is 13.5. The fourth-order valence-electron chi connectivity index (χ4n) is 3.59. The number of hydrogen-bond donors (Lipinski definition) is 1. The molecule has 7 heteroatoms. The third-order valence-electron chi connectivity index (χ3n) is 4.97. The van der Waals surface area contributed by atoms with Crippen LogP contribution in [0.2, 0.25) is 5.02 Å². The summed E-state index contributed by atoms with van der Waals surface area (Å²) in [5, 5.41) is 0.102. The number of benzene rings is 1. The molecule has 0 spiro atoms. The molecule has 1 saturated heterocycles. The average Bonchev–Trinajstić information content (AvgIpc) is 3.10. The Morgan fingerprint density at radius 1 is 1.23 bits per heavy atom. The standard InChI is InChI=1S/C19H19ClFN5/c1-12-18(24-11-23-12)13-4-6-26(7-5-13)19-15(9-22-10-25-19)14-2-3-17(21)16(20)8-14/h2-3,8-11,13H,4-7H2,1H3,(H,23,24). The largest absolute Gasteiger partial charge is 0.356 e. The first-order valence-corrected chi connectivity index (χ1v) is 9.01. The number of H-pyrrole nitrogens is 1. The number of aryl methyl sites for hydroxylation is 1. The lowest BCUT2D eigenvalue weighted by molar-refractivity contribution is 0.493. The van der Waals surface area contributed by atoms with Crippen LogP contribution >= 0.6 is 11.6 Å². The molecule has 134 valence electrons. The fourth-order valence-corrected chi connectivity index (χ4v) is 3.77. The van der Waals surface area contributed by atoms with Gasteiger partial charge in [-0.1, -0.05) is 17.7 Å². The maximum atomic E-state index is 13.5. The van der Waals surface area contributed by atoms with Gasteiger partial charge < -0.3 is 9.88 Å². The number of piperidine rings is 1. The molecule has 1 N–H and O–H groups in total. The molecule has 0 amide bonds. The van der Waals surface area contributed by atoms with E-state index < -0.39 is 5.82 Å². The molecular formula is C19H19ClFN5. The first kappa shape index (κ1) is 17.0. The smallest absolute Gasteiger partial charge is 0.141 e. The lowest BCUT2D eigenvalue weighted by Gasteiger charge is -2.33. The van der Waals surface area contributed by atoms with E-state index in [1.54, 1.807) is 31.0 Å². The molecule has 0 saturated carbocycles. The zero-order chi connectivity index (χ0) is 18.1. The Hall–Kier alpha value is -2.47. The highest BCUT2D eigenvalue weighted by atomic mass is 35.5. The lowest BCUT2D eigenvalue weighted by Crippen LogP contribution is -2.34. The van der Waals surface area contributed by atoms with Crippen molar-refractivity contribution in [1.82, 2.24) is 19.9 Å². The van der Waals surface area contributed by atoms with Gasteiger partial charge >= 0.3 is 0 Å². The Kier molecular flexibility index (Phi) is 4.59. The molecule has 1 aliphatic heterocycles. The fraction of sp³-hybridized carbons (Fsp3) is 0.316. The zero-order valence-corrected chi connectivity index (χ0v) is 15.2. The van der Waals surface area contributed by atoms with Crippen LogP contribution in [0.15, 0.2) is 37.1 Å². The first-order chi connectivity index (χ1) is 12.6. The lowest BCUT2D eigenvalue weighted by atomic mass is 9.92. The number of aromatic nitrogens is 4. The number of nitrogens with one attached hydrogen (secondary N) is 1. The van der Waals surface area contributed by atoms with Gasteiger partial charge in [0.15, 0.2) is 0 Å². The summed E-state index contributed by atoms with van der Waals surface area (Å²) in [6, 6.07) is 4.71. The third-order valence-corrected chi connectivity index (χ3v) is 5.26. The van der Waals surface area contributed by atoms with E-state index in [4.69, 9.17) is 11.6 Å². The van der Waals surface area contributed by atoms with Gasteiger partial charge in [-0.25, -0.2) is 19.3 Å². The number of anilines is 1. The highest BCUT2D eigenvalue weighted by Crippen LogP contribution is 2.35. The highest BCUT2D eigenvalue weighted by Gasteiger charge is 2.25. The van der Waals surface area contributed by atoms with Crippen LogP contribution in [0.4, 0.5) is 10.2 Å². The van der Waals surface area contributed by atoms with Gasteiger partial charge in [0, 0.05) is 36.5 Å². The van der Waals surface area contributed by atoms with Crippen LogP contribution in [0.1, 0.15) is 30.1 Å². The number of imidazole rings is 1. The number of rotatable bonds is 3. The van der Waals surface area contributed by atoms with Crippen molar-refractivity contribution in [2.45, 2.75) is 25.7 Å². The van der Waals surface area contributed by atoms with Crippen molar-refractivity contribution < 1.29 is 4.39 Å². The molecule has 26 heavy (non-hydrogen) atoms. The second-order valence-corrected chi connectivity index (χ2v) is 6.97. The van der Waals surface area contributed by atoms with Gasteiger partial charge in [0.2, 0.25) is 0 Å². The van der Waals surface area contributed by atoms with Gasteiger partial charge in [-0.15, -0.1) is 0 Å². The average molecular weight is 372 g/mol. The topological polar surface area (TPSA) is 57.7 Å². The van der Waals surface area contributed by atoms with Crippen molar-refractivity contribution in [3.8, 4) is 11.1 Å². The Morgan fingerprint density at radius 3 is 2.73 bits per heavy atom. The van der Waals surface area contributed by atoms with Gasteiger partial charge in [-0.05, 0) is 37.5 Å². The van der Waals surface area contributed by atoms with Gasteiger partial charge in [0.25, 0.3) is 0 Å². The maximum absolute atomic E-state index is 13.5. The van der Waals surface area contributed by atoms with E-state index >= 15 is 0 Å². The van der Waals surface area contributed by atoms with Gasteiger partial charge in [-0.3, -0.25) is 0 Å². The van der Waals surface area contributed by atoms with E-state index in [9.17, 15) is 4.39 Å². The molecule has 4 rings (SSSR count). The normalized spacial score (nSPS) is 15.4. The molecule has 1 fully saturated rings. The van der Waals surface area contributed by atoms with Crippen molar-refractivity contribution >= 4 is 17.4 Å². The minimum atomic E-state index is -0.427. The molecule has 0 radical (unpaired) electrons. The Balaban J connectivity index is 1.58. The maximum Gasteiger partial charge on any atom is 0.141 e. The van der Waals surface area contributed by atoms with Crippen molar-refractivity contribution in [3.63, 3.8) is 0 Å². The monoisotopic (exact) mass is 371 g/mol. The number of aromatic amines is 1. The summed E-state index contributed by atoms with van der Waals surface area (Å²) in [5.74, 6) is 0.895. The van der Waals surface area contributed by atoms with Crippen LogP contribution in [-0.4, -0.2) is 33.0 Å². The molecule has 0 bridgehead atoms. The van der Waals surface area contributed by atoms with Gasteiger partial charge in [0.05, 0.1) is 17.0 Å². The van der Waals surface area contributed by atoms with E-state index in [1.165, 1.54) is 6.07 Å².